The summed E-state index contributed by atoms with van der Waals surface area (Å²) in [5, 5.41) is 34.6. The molecule has 0 spiro atoms. The van der Waals surface area contributed by atoms with Crippen LogP contribution in [0.4, 0.5) is 0 Å². The van der Waals surface area contributed by atoms with Gasteiger partial charge in [-0.2, -0.15) is 0 Å². The molecule has 0 aromatic carbocycles. The summed E-state index contributed by atoms with van der Waals surface area (Å²) in [5.74, 6) is -5.21. The Morgan fingerprint density at radius 2 is 1.52 bits per heavy atom. The molecule has 33 heavy (non-hydrogen) atoms. The summed E-state index contributed by atoms with van der Waals surface area (Å²) in [6.07, 6.45) is -1.65. The fraction of sp³-hybridized carbons (Fsp3) is 0.667. The monoisotopic (exact) mass is 475 g/mol. The van der Waals surface area contributed by atoms with Gasteiger partial charge in [-0.1, -0.05) is 0 Å². The molecule has 3 amide bonds. The van der Waals surface area contributed by atoms with Crippen LogP contribution in [0.2, 0.25) is 0 Å². The number of nitrogens with one attached hydrogen (secondary N) is 3. The summed E-state index contributed by atoms with van der Waals surface area (Å²) in [4.78, 5) is 62.5. The molecule has 0 aliphatic carbocycles. The molecule has 12 N–H and O–H groups in total. The van der Waals surface area contributed by atoms with Crippen molar-refractivity contribution in [2.24, 2.45) is 22.2 Å². The van der Waals surface area contributed by atoms with Crippen LogP contribution in [0.5, 0.6) is 0 Å². The second-order valence-corrected chi connectivity index (χ2v) is 7.34. The standard InChI is InChI=1S/C18H33N7O8/c1-8(23-15(30)10(19)5-6-12(27)28)14(29)25-13(9(2)26)16(31)24-11(17(32)33)4-3-7-22-18(20)21/h8-11,13,26H,3-7,19H2,1-2H3,(H,23,30)(H,24,31)(H,25,29)(H,27,28)(H,32,33)(H4,20,21,22). The average molecular weight is 476 g/mol. The lowest BCUT2D eigenvalue weighted by Gasteiger charge is -2.25. The molecule has 5 unspecified atom stereocenters. The second kappa shape index (κ2) is 14.6. The van der Waals surface area contributed by atoms with Crippen molar-refractivity contribution in [3.63, 3.8) is 0 Å². The molecule has 0 rings (SSSR count). The van der Waals surface area contributed by atoms with Gasteiger partial charge in [0.15, 0.2) is 5.96 Å². The van der Waals surface area contributed by atoms with Crippen molar-refractivity contribution in [2.75, 3.05) is 6.54 Å². The van der Waals surface area contributed by atoms with Crippen LogP contribution in [-0.4, -0.2) is 87.8 Å². The summed E-state index contributed by atoms with van der Waals surface area (Å²) in [5.41, 5.74) is 15.9. The molecule has 0 aromatic rings. The predicted octanol–water partition coefficient (Wildman–Crippen LogP) is -3.83. The summed E-state index contributed by atoms with van der Waals surface area (Å²) >= 11 is 0. The molecule has 0 saturated heterocycles. The quantitative estimate of drug-likeness (QED) is 0.0628. The van der Waals surface area contributed by atoms with Crippen LogP contribution >= 0.6 is 0 Å². The Morgan fingerprint density at radius 1 is 0.909 bits per heavy atom. The Morgan fingerprint density at radius 3 is 2.00 bits per heavy atom. The van der Waals surface area contributed by atoms with Gasteiger partial charge < -0.3 is 48.5 Å². The zero-order valence-corrected chi connectivity index (χ0v) is 18.5. The zero-order valence-electron chi connectivity index (χ0n) is 18.5. The van der Waals surface area contributed by atoms with Crippen LogP contribution in [0, 0.1) is 0 Å². The first-order chi connectivity index (χ1) is 15.3. The first kappa shape index (κ1) is 29.5. The van der Waals surface area contributed by atoms with E-state index < -0.39 is 59.9 Å². The number of carbonyl (C=O) groups is 5. The minimum absolute atomic E-state index is 0.0149. The van der Waals surface area contributed by atoms with Crippen molar-refractivity contribution in [1.82, 2.24) is 16.0 Å². The van der Waals surface area contributed by atoms with Gasteiger partial charge in [0.2, 0.25) is 17.7 Å². The molecule has 188 valence electrons. The van der Waals surface area contributed by atoms with E-state index in [-0.39, 0.29) is 38.2 Å². The topological polar surface area (TPSA) is 273 Å². The second-order valence-electron chi connectivity index (χ2n) is 7.34. The smallest absolute Gasteiger partial charge is 0.326 e. The summed E-state index contributed by atoms with van der Waals surface area (Å²) < 4.78 is 0. The fourth-order valence-corrected chi connectivity index (χ4v) is 2.50. The van der Waals surface area contributed by atoms with E-state index in [0.717, 1.165) is 0 Å². The molecule has 0 heterocycles. The maximum Gasteiger partial charge on any atom is 0.326 e. The van der Waals surface area contributed by atoms with Crippen LogP contribution in [-0.2, 0) is 24.0 Å². The van der Waals surface area contributed by atoms with Crippen LogP contribution < -0.4 is 33.2 Å². The average Bonchev–Trinajstić information content (AvgIpc) is 2.70. The SMILES string of the molecule is CC(NC(=O)C(N)CCC(=O)O)C(=O)NC(C(=O)NC(CCCN=C(N)N)C(=O)O)C(C)O. The Balaban J connectivity index is 4.97. The number of aliphatic imine (C=N–C) groups is 1. The molecule has 0 aliphatic heterocycles. The number of nitrogens with two attached hydrogens (primary N) is 3. The zero-order chi connectivity index (χ0) is 25.7. The van der Waals surface area contributed by atoms with E-state index in [1.54, 1.807) is 0 Å². The Kier molecular flexibility index (Phi) is 13.0. The van der Waals surface area contributed by atoms with Crippen LogP contribution in [0.3, 0.4) is 0 Å². The van der Waals surface area contributed by atoms with E-state index in [1.165, 1.54) is 13.8 Å². The normalized spacial score (nSPS) is 15.2. The number of aliphatic hydroxyl groups excluding tert-OH is 1. The number of amides is 3. The number of carbonyl (C=O) groups excluding carboxylic acids is 3. The molecule has 0 saturated carbocycles. The molecule has 5 atom stereocenters. The van der Waals surface area contributed by atoms with Gasteiger partial charge in [-0.05, 0) is 33.1 Å². The van der Waals surface area contributed by atoms with Crippen molar-refractivity contribution in [3.8, 4) is 0 Å². The molecule has 15 nitrogen and oxygen atoms in total. The lowest BCUT2D eigenvalue weighted by atomic mass is 10.1. The van der Waals surface area contributed by atoms with Crippen molar-refractivity contribution < 1.29 is 39.3 Å². The largest absolute Gasteiger partial charge is 0.481 e. The van der Waals surface area contributed by atoms with E-state index in [9.17, 15) is 34.2 Å². The molecule has 0 fully saturated rings. The highest BCUT2D eigenvalue weighted by molar-refractivity contribution is 5.94. The highest BCUT2D eigenvalue weighted by Crippen LogP contribution is 2.02. The molecule has 15 heteroatoms. The highest BCUT2D eigenvalue weighted by atomic mass is 16.4. The summed E-state index contributed by atoms with van der Waals surface area (Å²) in [7, 11) is 0. The third kappa shape index (κ3) is 12.2. The van der Waals surface area contributed by atoms with Crippen molar-refractivity contribution in [1.29, 1.82) is 0 Å². The number of aliphatic carboxylic acids is 2. The van der Waals surface area contributed by atoms with Crippen molar-refractivity contribution in [2.45, 2.75) is 69.8 Å². The number of aliphatic hydroxyl groups is 1. The lowest BCUT2D eigenvalue weighted by molar-refractivity contribution is -0.143. The number of hydrogen-bond acceptors (Lipinski definition) is 8. The van der Waals surface area contributed by atoms with E-state index in [0.29, 0.717) is 0 Å². The molecule has 0 radical (unpaired) electrons. The Bertz CT molecular complexity index is 739. The van der Waals surface area contributed by atoms with Gasteiger partial charge in [0.1, 0.15) is 18.1 Å². The number of hydrogen-bond donors (Lipinski definition) is 9. The number of carboxylic acids is 2. The summed E-state index contributed by atoms with van der Waals surface area (Å²) in [6, 6.07) is -5.19. The first-order valence-corrected chi connectivity index (χ1v) is 10.1. The third-order valence-electron chi connectivity index (χ3n) is 4.38. The van der Waals surface area contributed by atoms with E-state index in [4.69, 9.17) is 22.3 Å². The predicted molar refractivity (Wildman–Crippen MR) is 116 cm³/mol. The lowest BCUT2D eigenvalue weighted by Crippen LogP contribution is -2.59. The minimum Gasteiger partial charge on any atom is -0.481 e. The fourth-order valence-electron chi connectivity index (χ4n) is 2.50. The van der Waals surface area contributed by atoms with Crippen LogP contribution in [0.25, 0.3) is 0 Å². The minimum atomic E-state index is -1.52. The summed E-state index contributed by atoms with van der Waals surface area (Å²) in [6.45, 7) is 2.65. The van der Waals surface area contributed by atoms with E-state index in [2.05, 4.69) is 20.9 Å². The highest BCUT2D eigenvalue weighted by Gasteiger charge is 2.31. The maximum atomic E-state index is 12.5. The van der Waals surface area contributed by atoms with Crippen LogP contribution in [0.1, 0.15) is 39.5 Å². The third-order valence-corrected chi connectivity index (χ3v) is 4.38. The van der Waals surface area contributed by atoms with Crippen molar-refractivity contribution >= 4 is 35.6 Å². The van der Waals surface area contributed by atoms with Crippen LogP contribution in [0.15, 0.2) is 4.99 Å². The molecular formula is C18H33N7O8. The van der Waals surface area contributed by atoms with Gasteiger partial charge in [-0.15, -0.1) is 0 Å². The molecule has 0 aliphatic rings. The van der Waals surface area contributed by atoms with Gasteiger partial charge in [0.05, 0.1) is 12.1 Å². The van der Waals surface area contributed by atoms with E-state index >= 15 is 0 Å². The van der Waals surface area contributed by atoms with Gasteiger partial charge in [0.25, 0.3) is 0 Å². The number of carboxylic acid groups (broad SMARTS) is 2. The van der Waals surface area contributed by atoms with E-state index in [1.807, 2.05) is 0 Å². The number of nitrogens with zero attached hydrogens (tertiary/aromatic N) is 1. The maximum absolute atomic E-state index is 12.5. The first-order valence-electron chi connectivity index (χ1n) is 10.1. The van der Waals surface area contributed by atoms with Gasteiger partial charge >= 0.3 is 11.9 Å². The Labute approximate surface area is 190 Å². The molecule has 0 bridgehead atoms. The number of guanidine groups is 1. The van der Waals surface area contributed by atoms with Gasteiger partial charge in [-0.3, -0.25) is 24.2 Å². The Hall–Kier alpha value is -3.46. The van der Waals surface area contributed by atoms with Gasteiger partial charge in [0, 0.05) is 13.0 Å². The molecular weight excluding hydrogens is 442 g/mol. The van der Waals surface area contributed by atoms with Gasteiger partial charge in [-0.25, -0.2) is 4.79 Å². The molecule has 0 aromatic heterocycles. The number of rotatable bonds is 15. The van der Waals surface area contributed by atoms with Crippen molar-refractivity contribution in [3.05, 3.63) is 0 Å².